The van der Waals surface area contributed by atoms with Gasteiger partial charge in [-0.05, 0) is 30.9 Å². The van der Waals surface area contributed by atoms with Crippen LogP contribution in [0.5, 0.6) is 0 Å². The zero-order chi connectivity index (χ0) is 16.4. The number of nitrogens with zero attached hydrogens (tertiary/aromatic N) is 1. The van der Waals surface area contributed by atoms with Crippen molar-refractivity contribution in [3.05, 3.63) is 29.3 Å². The largest absolute Gasteiger partial charge is 0.353 e. The van der Waals surface area contributed by atoms with E-state index in [0.717, 1.165) is 6.42 Å². The van der Waals surface area contributed by atoms with Gasteiger partial charge in [-0.3, -0.25) is 9.59 Å². The van der Waals surface area contributed by atoms with Gasteiger partial charge in [0.1, 0.15) is 0 Å². The van der Waals surface area contributed by atoms with Gasteiger partial charge in [-0.25, -0.2) is 0 Å². The Hall–Kier alpha value is -1.55. The number of hydrogen-bond donors (Lipinski definition) is 1. The number of amides is 2. The van der Waals surface area contributed by atoms with Gasteiger partial charge >= 0.3 is 0 Å². The third kappa shape index (κ3) is 3.52. The van der Waals surface area contributed by atoms with Crippen LogP contribution >= 0.6 is 11.6 Å². The second kappa shape index (κ2) is 6.91. The maximum Gasteiger partial charge on any atom is 0.227 e. The number of carbonyl (C=O) groups is 2. The zero-order valence-electron chi connectivity index (χ0n) is 13.4. The fourth-order valence-corrected chi connectivity index (χ4v) is 3.86. The summed E-state index contributed by atoms with van der Waals surface area (Å²) in [6.07, 6.45) is 4.89. The summed E-state index contributed by atoms with van der Waals surface area (Å²) in [6.45, 7) is 2.61. The average molecular weight is 335 g/mol. The van der Waals surface area contributed by atoms with E-state index < -0.39 is 0 Å². The Balaban J connectivity index is 1.65. The predicted octanol–water partition coefficient (Wildman–Crippen LogP) is 3.39. The van der Waals surface area contributed by atoms with Crippen LogP contribution in [-0.4, -0.2) is 24.4 Å². The summed E-state index contributed by atoms with van der Waals surface area (Å²) >= 11 is 6.18. The van der Waals surface area contributed by atoms with Crippen LogP contribution in [0.4, 0.5) is 5.69 Å². The highest BCUT2D eigenvalue weighted by molar-refractivity contribution is 6.33. The number of benzene rings is 1. The number of anilines is 1. The molecule has 3 unspecified atom stereocenters. The van der Waals surface area contributed by atoms with Gasteiger partial charge in [0.2, 0.25) is 11.8 Å². The van der Waals surface area contributed by atoms with Crippen molar-refractivity contribution in [2.75, 3.05) is 11.4 Å². The van der Waals surface area contributed by atoms with Crippen LogP contribution < -0.4 is 10.2 Å². The lowest BCUT2D eigenvalue weighted by Crippen LogP contribution is -2.44. The molecule has 2 fully saturated rings. The summed E-state index contributed by atoms with van der Waals surface area (Å²) < 4.78 is 0. The molecule has 4 nitrogen and oxygen atoms in total. The van der Waals surface area contributed by atoms with E-state index in [4.69, 9.17) is 11.6 Å². The van der Waals surface area contributed by atoms with Crippen molar-refractivity contribution >= 4 is 29.1 Å². The topological polar surface area (TPSA) is 49.4 Å². The first-order valence-corrected chi connectivity index (χ1v) is 8.79. The molecular weight excluding hydrogens is 312 g/mol. The molecule has 2 aliphatic rings. The molecule has 23 heavy (non-hydrogen) atoms. The van der Waals surface area contributed by atoms with Gasteiger partial charge in [0.05, 0.1) is 16.6 Å². The Labute approximate surface area is 142 Å². The molecule has 1 aromatic rings. The fraction of sp³-hybridized carbons (Fsp3) is 0.556. The highest BCUT2D eigenvalue weighted by Gasteiger charge is 2.37. The molecule has 0 spiro atoms. The maximum absolute atomic E-state index is 12.5. The number of halogens is 1. The summed E-state index contributed by atoms with van der Waals surface area (Å²) in [5, 5.41) is 3.71. The van der Waals surface area contributed by atoms with Crippen LogP contribution in [0.1, 0.15) is 39.0 Å². The van der Waals surface area contributed by atoms with Gasteiger partial charge in [0.15, 0.2) is 0 Å². The van der Waals surface area contributed by atoms with Gasteiger partial charge in [-0.1, -0.05) is 43.5 Å². The number of rotatable bonds is 3. The summed E-state index contributed by atoms with van der Waals surface area (Å²) in [5.41, 5.74) is 0.695. The van der Waals surface area contributed by atoms with Gasteiger partial charge in [-0.2, -0.15) is 0 Å². The molecule has 0 radical (unpaired) electrons. The minimum atomic E-state index is -0.284. The Morgan fingerprint density at radius 1 is 1.26 bits per heavy atom. The number of para-hydroxylation sites is 1. The molecule has 3 atom stereocenters. The van der Waals surface area contributed by atoms with E-state index in [2.05, 4.69) is 12.2 Å². The molecule has 5 heteroatoms. The monoisotopic (exact) mass is 334 g/mol. The van der Waals surface area contributed by atoms with Crippen molar-refractivity contribution in [2.24, 2.45) is 11.8 Å². The highest BCUT2D eigenvalue weighted by Crippen LogP contribution is 2.31. The first-order chi connectivity index (χ1) is 11.1. The lowest BCUT2D eigenvalue weighted by molar-refractivity contribution is -0.127. The second-order valence-electron chi connectivity index (χ2n) is 6.73. The smallest absolute Gasteiger partial charge is 0.227 e. The molecule has 3 rings (SSSR count). The minimum absolute atomic E-state index is 0.00616. The Morgan fingerprint density at radius 2 is 2.00 bits per heavy atom. The van der Waals surface area contributed by atoms with E-state index in [0.29, 0.717) is 23.2 Å². The zero-order valence-corrected chi connectivity index (χ0v) is 14.2. The van der Waals surface area contributed by atoms with Gasteiger partial charge < -0.3 is 10.2 Å². The van der Waals surface area contributed by atoms with Gasteiger partial charge in [0.25, 0.3) is 0 Å². The molecule has 124 valence electrons. The van der Waals surface area contributed by atoms with Crippen molar-refractivity contribution in [2.45, 2.75) is 45.1 Å². The fourth-order valence-electron chi connectivity index (χ4n) is 3.62. The Kier molecular flexibility index (Phi) is 4.90. The third-order valence-electron chi connectivity index (χ3n) is 5.08. The molecule has 0 bridgehead atoms. The number of nitrogens with one attached hydrogen (secondary N) is 1. The third-order valence-corrected chi connectivity index (χ3v) is 5.40. The SMILES string of the molecule is CC1CCCCC1NC(=O)C1CC(=O)N(c2ccccc2Cl)C1. The first kappa shape index (κ1) is 16.3. The normalized spacial score (nSPS) is 28.0. The summed E-state index contributed by atoms with van der Waals surface area (Å²) in [5.74, 6) is 0.207. The van der Waals surface area contributed by atoms with Crippen LogP contribution in [0.2, 0.25) is 5.02 Å². The summed E-state index contributed by atoms with van der Waals surface area (Å²) in [7, 11) is 0. The first-order valence-electron chi connectivity index (χ1n) is 8.41. The minimum Gasteiger partial charge on any atom is -0.353 e. The van der Waals surface area contributed by atoms with Crippen molar-refractivity contribution in [1.82, 2.24) is 5.32 Å². The molecule has 1 aliphatic carbocycles. The van der Waals surface area contributed by atoms with E-state index in [1.807, 2.05) is 18.2 Å². The van der Waals surface area contributed by atoms with Crippen molar-refractivity contribution in [1.29, 1.82) is 0 Å². The molecule has 1 heterocycles. The van der Waals surface area contributed by atoms with Crippen LogP contribution in [0.15, 0.2) is 24.3 Å². The highest BCUT2D eigenvalue weighted by atomic mass is 35.5. The molecule has 0 aromatic heterocycles. The van der Waals surface area contributed by atoms with Crippen molar-refractivity contribution in [3.63, 3.8) is 0 Å². The molecule has 1 N–H and O–H groups in total. The summed E-state index contributed by atoms with van der Waals surface area (Å²) in [6, 6.07) is 7.53. The standard InChI is InChI=1S/C18H23ClN2O2/c1-12-6-2-4-8-15(12)20-18(23)13-10-17(22)21(11-13)16-9-5-3-7-14(16)19/h3,5,7,9,12-13,15H,2,4,6,8,10-11H2,1H3,(H,20,23). The van der Waals surface area contributed by atoms with Crippen LogP contribution in [0, 0.1) is 11.8 Å². The number of hydrogen-bond acceptors (Lipinski definition) is 2. The molecule has 1 aliphatic heterocycles. The quantitative estimate of drug-likeness (QED) is 0.921. The van der Waals surface area contributed by atoms with Crippen LogP contribution in [0.25, 0.3) is 0 Å². The maximum atomic E-state index is 12.5. The van der Waals surface area contributed by atoms with E-state index >= 15 is 0 Å². The van der Waals surface area contributed by atoms with Crippen LogP contribution in [0.3, 0.4) is 0 Å². The predicted molar refractivity (Wildman–Crippen MR) is 91.5 cm³/mol. The van der Waals surface area contributed by atoms with E-state index in [1.165, 1.54) is 19.3 Å². The molecule has 1 saturated carbocycles. The van der Waals surface area contributed by atoms with Crippen molar-refractivity contribution < 1.29 is 9.59 Å². The lowest BCUT2D eigenvalue weighted by Gasteiger charge is -2.30. The molecular formula is C18H23ClN2O2. The van der Waals surface area contributed by atoms with Crippen LogP contribution in [-0.2, 0) is 9.59 Å². The molecule has 1 saturated heterocycles. The van der Waals surface area contributed by atoms with E-state index in [-0.39, 0.29) is 30.2 Å². The second-order valence-corrected chi connectivity index (χ2v) is 7.14. The van der Waals surface area contributed by atoms with E-state index in [9.17, 15) is 9.59 Å². The summed E-state index contributed by atoms with van der Waals surface area (Å²) in [4.78, 5) is 26.5. The lowest BCUT2D eigenvalue weighted by atomic mass is 9.85. The molecule has 1 aromatic carbocycles. The Morgan fingerprint density at radius 3 is 2.74 bits per heavy atom. The number of carbonyl (C=O) groups excluding carboxylic acids is 2. The Bertz CT molecular complexity index is 604. The van der Waals surface area contributed by atoms with Gasteiger partial charge in [-0.15, -0.1) is 0 Å². The van der Waals surface area contributed by atoms with E-state index in [1.54, 1.807) is 11.0 Å². The van der Waals surface area contributed by atoms with Gasteiger partial charge in [0, 0.05) is 19.0 Å². The molecule has 2 amide bonds. The average Bonchev–Trinajstić information content (AvgIpc) is 2.92. The van der Waals surface area contributed by atoms with Crippen molar-refractivity contribution in [3.8, 4) is 0 Å².